The lowest BCUT2D eigenvalue weighted by Crippen LogP contribution is -2.26. The molecule has 0 spiro atoms. The van der Waals surface area contributed by atoms with Crippen LogP contribution in [0.25, 0.3) is 0 Å². The van der Waals surface area contributed by atoms with E-state index in [0.717, 1.165) is 6.07 Å². The number of ether oxygens (including phenoxy) is 1. The summed E-state index contributed by atoms with van der Waals surface area (Å²) in [5, 5.41) is 8.88. The van der Waals surface area contributed by atoms with Crippen LogP contribution in [0.2, 0.25) is 0 Å². The monoisotopic (exact) mass is 280 g/mol. The zero-order valence-corrected chi connectivity index (χ0v) is 9.78. The molecular weight excluding hydrogens is 268 g/mol. The first kappa shape index (κ1) is 15.4. The summed E-state index contributed by atoms with van der Waals surface area (Å²) >= 11 is 0. The molecule has 1 rings (SSSR count). The van der Waals surface area contributed by atoms with E-state index in [9.17, 15) is 22.4 Å². The Bertz CT molecular complexity index is 431. The lowest BCUT2D eigenvalue weighted by Gasteiger charge is -2.14. The first-order chi connectivity index (χ1) is 8.78. The number of carboxylic acids is 1. The number of carboxylic acid groups (broad SMARTS) is 1. The summed E-state index contributed by atoms with van der Waals surface area (Å²) in [7, 11) is 0. The largest absolute Gasteiger partial charge is 0.481 e. The highest BCUT2D eigenvalue weighted by molar-refractivity contribution is 5.70. The highest BCUT2D eigenvalue weighted by atomic mass is 19.4. The third-order valence-corrected chi connectivity index (χ3v) is 2.31. The first-order valence-electron chi connectivity index (χ1n) is 5.39. The van der Waals surface area contributed by atoms with Gasteiger partial charge < -0.3 is 9.84 Å². The Morgan fingerprint density at radius 3 is 2.58 bits per heavy atom. The van der Waals surface area contributed by atoms with Gasteiger partial charge in [-0.2, -0.15) is 13.2 Å². The number of aliphatic carboxylic acids is 1. The summed E-state index contributed by atoms with van der Waals surface area (Å²) in [6.45, 7) is -2.08. The predicted molar refractivity (Wildman–Crippen MR) is 58.1 cm³/mol. The van der Waals surface area contributed by atoms with Crippen LogP contribution in [0.1, 0.15) is 5.56 Å². The molecule has 0 saturated heterocycles. The zero-order valence-electron chi connectivity index (χ0n) is 9.78. The molecule has 1 aromatic rings. The lowest BCUT2D eigenvalue weighted by molar-refractivity contribution is -0.179. The average Bonchev–Trinajstić information content (AvgIpc) is 2.26. The van der Waals surface area contributed by atoms with E-state index in [-0.39, 0.29) is 6.42 Å². The molecule has 7 heteroatoms. The van der Waals surface area contributed by atoms with Gasteiger partial charge in [0, 0.05) is 0 Å². The SMILES string of the molecule is O=C(O)C(COCC(F)(F)F)Cc1cccc(F)c1. The maximum absolute atomic E-state index is 12.9. The Morgan fingerprint density at radius 1 is 1.37 bits per heavy atom. The zero-order chi connectivity index (χ0) is 14.5. The molecule has 1 N–H and O–H groups in total. The van der Waals surface area contributed by atoms with Crippen LogP contribution in [0.5, 0.6) is 0 Å². The number of rotatable bonds is 6. The van der Waals surface area contributed by atoms with Crippen molar-refractivity contribution in [2.75, 3.05) is 13.2 Å². The van der Waals surface area contributed by atoms with Gasteiger partial charge in [-0.15, -0.1) is 0 Å². The molecular formula is C12H12F4O3. The molecule has 0 heterocycles. The van der Waals surface area contributed by atoms with Gasteiger partial charge in [-0.3, -0.25) is 4.79 Å². The molecule has 0 bridgehead atoms. The molecule has 0 aromatic heterocycles. The van der Waals surface area contributed by atoms with E-state index in [1.807, 2.05) is 0 Å². The van der Waals surface area contributed by atoms with Gasteiger partial charge in [-0.25, -0.2) is 4.39 Å². The maximum Gasteiger partial charge on any atom is 0.411 e. The second-order valence-corrected chi connectivity index (χ2v) is 4.00. The van der Waals surface area contributed by atoms with Gasteiger partial charge in [-0.1, -0.05) is 12.1 Å². The number of hydrogen-bond donors (Lipinski definition) is 1. The number of halogens is 4. The highest BCUT2D eigenvalue weighted by Gasteiger charge is 2.29. The molecule has 1 atom stereocenters. The van der Waals surface area contributed by atoms with Gasteiger partial charge in [0.15, 0.2) is 0 Å². The van der Waals surface area contributed by atoms with E-state index in [2.05, 4.69) is 4.74 Å². The van der Waals surface area contributed by atoms with Crippen molar-refractivity contribution in [1.82, 2.24) is 0 Å². The molecule has 1 aromatic carbocycles. The van der Waals surface area contributed by atoms with Crippen molar-refractivity contribution >= 4 is 5.97 Å². The summed E-state index contributed by atoms with van der Waals surface area (Å²) in [4.78, 5) is 10.9. The molecule has 1 unspecified atom stereocenters. The smallest absolute Gasteiger partial charge is 0.411 e. The fourth-order valence-corrected chi connectivity index (χ4v) is 1.48. The number of hydrogen-bond acceptors (Lipinski definition) is 2. The second-order valence-electron chi connectivity index (χ2n) is 4.00. The van der Waals surface area contributed by atoms with Crippen LogP contribution in [-0.4, -0.2) is 30.5 Å². The fourth-order valence-electron chi connectivity index (χ4n) is 1.48. The molecule has 0 fully saturated rings. The summed E-state index contributed by atoms with van der Waals surface area (Å²) in [5.74, 6) is -2.96. The third-order valence-electron chi connectivity index (χ3n) is 2.31. The maximum atomic E-state index is 12.9. The summed E-state index contributed by atoms with van der Waals surface area (Å²) in [6.07, 6.45) is -4.59. The topological polar surface area (TPSA) is 46.5 Å². The molecule has 0 radical (unpaired) electrons. The quantitative estimate of drug-likeness (QED) is 0.815. The molecule has 19 heavy (non-hydrogen) atoms. The molecule has 0 saturated carbocycles. The van der Waals surface area contributed by atoms with Crippen LogP contribution in [0.15, 0.2) is 24.3 Å². The van der Waals surface area contributed by atoms with Gasteiger partial charge in [0.25, 0.3) is 0 Å². The van der Waals surface area contributed by atoms with Crippen molar-refractivity contribution in [3.63, 3.8) is 0 Å². The van der Waals surface area contributed by atoms with Crippen LogP contribution in [-0.2, 0) is 16.0 Å². The minimum atomic E-state index is -4.50. The standard InChI is InChI=1S/C12H12F4O3/c13-10-3-1-2-8(5-10)4-9(11(17)18)6-19-7-12(14,15)16/h1-3,5,9H,4,6-7H2,(H,17,18). The van der Waals surface area contributed by atoms with Crippen molar-refractivity contribution in [3.05, 3.63) is 35.6 Å². The van der Waals surface area contributed by atoms with E-state index in [4.69, 9.17) is 5.11 Å². The summed E-state index contributed by atoms with van der Waals surface area (Å²) < 4.78 is 52.8. The Hall–Kier alpha value is -1.63. The molecule has 3 nitrogen and oxygen atoms in total. The minimum Gasteiger partial charge on any atom is -0.481 e. The van der Waals surface area contributed by atoms with Gasteiger partial charge >= 0.3 is 12.1 Å². The van der Waals surface area contributed by atoms with Crippen molar-refractivity contribution in [2.45, 2.75) is 12.6 Å². The summed E-state index contributed by atoms with van der Waals surface area (Å²) in [6, 6.07) is 5.24. The van der Waals surface area contributed by atoms with Crippen molar-refractivity contribution < 1.29 is 32.2 Å². The first-order valence-corrected chi connectivity index (χ1v) is 5.39. The fraction of sp³-hybridized carbons (Fsp3) is 0.417. The van der Waals surface area contributed by atoms with Gasteiger partial charge in [-0.05, 0) is 24.1 Å². The number of alkyl halides is 3. The van der Waals surface area contributed by atoms with Crippen molar-refractivity contribution in [1.29, 1.82) is 0 Å². The van der Waals surface area contributed by atoms with E-state index in [1.165, 1.54) is 18.2 Å². The van der Waals surface area contributed by atoms with Crippen LogP contribution in [0.4, 0.5) is 17.6 Å². The highest BCUT2D eigenvalue weighted by Crippen LogP contribution is 2.16. The average molecular weight is 280 g/mol. The van der Waals surface area contributed by atoms with Crippen LogP contribution in [0.3, 0.4) is 0 Å². The van der Waals surface area contributed by atoms with E-state index in [1.54, 1.807) is 0 Å². The van der Waals surface area contributed by atoms with Crippen molar-refractivity contribution in [2.24, 2.45) is 5.92 Å². The van der Waals surface area contributed by atoms with Gasteiger partial charge in [0.05, 0.1) is 12.5 Å². The van der Waals surface area contributed by atoms with Crippen LogP contribution < -0.4 is 0 Å². The molecule has 0 amide bonds. The lowest BCUT2D eigenvalue weighted by atomic mass is 10.0. The van der Waals surface area contributed by atoms with E-state index in [0.29, 0.717) is 5.56 Å². The minimum absolute atomic E-state index is 0.0923. The van der Waals surface area contributed by atoms with Gasteiger partial charge in [0.2, 0.25) is 0 Å². The Balaban J connectivity index is 2.56. The molecule has 0 aliphatic heterocycles. The normalized spacial score (nSPS) is 13.3. The van der Waals surface area contributed by atoms with Crippen molar-refractivity contribution in [3.8, 4) is 0 Å². The second kappa shape index (κ2) is 6.51. The summed E-state index contributed by atoms with van der Waals surface area (Å²) in [5.41, 5.74) is 0.392. The van der Waals surface area contributed by atoms with Gasteiger partial charge in [0.1, 0.15) is 12.4 Å². The van der Waals surface area contributed by atoms with Crippen LogP contribution >= 0.6 is 0 Å². The molecule has 106 valence electrons. The Kier molecular flexibility index (Phi) is 5.29. The van der Waals surface area contributed by atoms with E-state index >= 15 is 0 Å². The third kappa shape index (κ3) is 6.19. The molecule has 0 aliphatic carbocycles. The van der Waals surface area contributed by atoms with E-state index < -0.39 is 37.1 Å². The Morgan fingerprint density at radius 2 is 2.05 bits per heavy atom. The Labute approximate surface area is 106 Å². The predicted octanol–water partition coefficient (Wildman–Crippen LogP) is 2.65. The number of carbonyl (C=O) groups is 1. The number of benzene rings is 1. The van der Waals surface area contributed by atoms with Crippen LogP contribution in [0, 0.1) is 11.7 Å². The molecule has 0 aliphatic rings.